The Hall–Kier alpha value is -2.06. The maximum Gasteiger partial charge on any atom is 0.226 e. The second kappa shape index (κ2) is 5.52. The van der Waals surface area contributed by atoms with Gasteiger partial charge in [0.1, 0.15) is 0 Å². The largest absolute Gasteiger partial charge is 0.436 e. The second-order valence-corrected chi connectivity index (χ2v) is 3.76. The molecule has 0 fully saturated rings. The Morgan fingerprint density at radius 1 is 0.722 bits per heavy atom. The van der Waals surface area contributed by atoms with Gasteiger partial charge in [0.2, 0.25) is 5.89 Å². The molecule has 3 aromatic rings. The molecule has 1 heterocycles. The number of oxazole rings is 1. The molecule has 18 heavy (non-hydrogen) atoms. The summed E-state index contributed by atoms with van der Waals surface area (Å²) in [4.78, 5) is 4.30. The van der Waals surface area contributed by atoms with Crippen molar-refractivity contribution in [3.63, 3.8) is 0 Å². The van der Waals surface area contributed by atoms with Crippen LogP contribution in [0.3, 0.4) is 0 Å². The van der Waals surface area contributed by atoms with Gasteiger partial charge in [0.15, 0.2) is 5.76 Å². The van der Waals surface area contributed by atoms with E-state index in [1.165, 1.54) is 0 Å². The summed E-state index contributed by atoms with van der Waals surface area (Å²) in [5.74, 6) is 1.45. The van der Waals surface area contributed by atoms with Crippen molar-refractivity contribution in [2.75, 3.05) is 0 Å². The molecule has 0 spiro atoms. The lowest BCUT2D eigenvalue weighted by molar-refractivity contribution is 0.589. The fourth-order valence-corrected chi connectivity index (χ4v) is 1.72. The van der Waals surface area contributed by atoms with Crippen LogP contribution in [-0.2, 0) is 0 Å². The van der Waals surface area contributed by atoms with E-state index in [0.717, 1.165) is 16.9 Å². The van der Waals surface area contributed by atoms with Crippen molar-refractivity contribution in [3.8, 4) is 22.8 Å². The lowest BCUT2D eigenvalue weighted by atomic mass is 10.2. The summed E-state index contributed by atoms with van der Waals surface area (Å²) >= 11 is 0. The van der Waals surface area contributed by atoms with E-state index in [1.807, 2.05) is 60.7 Å². The Morgan fingerprint density at radius 2 is 1.28 bits per heavy atom. The molecule has 0 atom stereocenters. The van der Waals surface area contributed by atoms with Crippen molar-refractivity contribution in [2.45, 2.75) is 0 Å². The van der Waals surface area contributed by atoms with E-state index in [2.05, 4.69) is 4.98 Å². The number of hydrogen-bond acceptors (Lipinski definition) is 2. The molecule has 2 aromatic carbocycles. The van der Waals surface area contributed by atoms with Gasteiger partial charge in [-0.1, -0.05) is 48.5 Å². The Kier molecular flexibility index (Phi) is 3.80. The molecule has 0 unspecified atom stereocenters. The molecule has 0 aliphatic rings. The molecule has 0 saturated heterocycles. The zero-order valence-electron chi connectivity index (χ0n) is 9.61. The van der Waals surface area contributed by atoms with Crippen molar-refractivity contribution in [1.29, 1.82) is 0 Å². The molecule has 0 N–H and O–H groups in total. The lowest BCUT2D eigenvalue weighted by Crippen LogP contribution is -1.73. The highest BCUT2D eigenvalue weighted by molar-refractivity contribution is 5.85. The first-order valence-corrected chi connectivity index (χ1v) is 5.50. The topological polar surface area (TPSA) is 26.0 Å². The van der Waals surface area contributed by atoms with E-state index in [9.17, 15) is 0 Å². The first kappa shape index (κ1) is 12.4. The maximum absolute atomic E-state index is 5.74. The van der Waals surface area contributed by atoms with Crippen LogP contribution < -0.4 is 0 Å². The molecule has 0 saturated carbocycles. The van der Waals surface area contributed by atoms with Crippen molar-refractivity contribution < 1.29 is 4.42 Å². The third-order valence-corrected chi connectivity index (χ3v) is 2.58. The first-order chi connectivity index (χ1) is 8.43. The number of halogens is 1. The fourth-order valence-electron chi connectivity index (χ4n) is 1.72. The zero-order valence-corrected chi connectivity index (χ0v) is 10.4. The molecule has 3 rings (SSSR count). The van der Waals surface area contributed by atoms with Crippen LogP contribution in [0.2, 0.25) is 0 Å². The van der Waals surface area contributed by atoms with Gasteiger partial charge in [-0.15, -0.1) is 12.4 Å². The molecule has 0 amide bonds. The van der Waals surface area contributed by atoms with Gasteiger partial charge in [0.25, 0.3) is 0 Å². The minimum atomic E-state index is 0. The third kappa shape index (κ3) is 2.44. The SMILES string of the molecule is Cl.c1ccc(-c2cnc(-c3ccccc3)o2)cc1. The Labute approximate surface area is 112 Å². The average Bonchev–Trinajstić information content (AvgIpc) is 2.90. The summed E-state index contributed by atoms with van der Waals surface area (Å²) in [5.41, 5.74) is 2.04. The quantitative estimate of drug-likeness (QED) is 0.679. The summed E-state index contributed by atoms with van der Waals surface area (Å²) in [7, 11) is 0. The first-order valence-electron chi connectivity index (χ1n) is 5.50. The van der Waals surface area contributed by atoms with Crippen LogP contribution in [0, 0.1) is 0 Å². The van der Waals surface area contributed by atoms with Crippen LogP contribution in [0.25, 0.3) is 22.8 Å². The van der Waals surface area contributed by atoms with Crippen LogP contribution in [0.4, 0.5) is 0 Å². The normalized spacial score (nSPS) is 9.78. The van der Waals surface area contributed by atoms with Crippen LogP contribution >= 0.6 is 12.4 Å². The predicted octanol–water partition coefficient (Wildman–Crippen LogP) is 4.43. The van der Waals surface area contributed by atoms with E-state index >= 15 is 0 Å². The minimum Gasteiger partial charge on any atom is -0.436 e. The number of aromatic nitrogens is 1. The molecule has 0 aliphatic carbocycles. The molecule has 1 aromatic heterocycles. The highest BCUT2D eigenvalue weighted by Gasteiger charge is 2.06. The molecular formula is C15H12ClNO. The van der Waals surface area contributed by atoms with Gasteiger partial charge < -0.3 is 4.42 Å². The maximum atomic E-state index is 5.74. The Balaban J connectivity index is 0.00000120. The number of benzene rings is 2. The fraction of sp³-hybridized carbons (Fsp3) is 0. The van der Waals surface area contributed by atoms with Crippen LogP contribution in [0.1, 0.15) is 0 Å². The molecule has 0 bridgehead atoms. The van der Waals surface area contributed by atoms with E-state index in [4.69, 9.17) is 4.42 Å². The van der Waals surface area contributed by atoms with Crippen molar-refractivity contribution in [1.82, 2.24) is 4.98 Å². The predicted molar refractivity (Wildman–Crippen MR) is 74.6 cm³/mol. The number of nitrogens with zero attached hydrogens (tertiary/aromatic N) is 1. The lowest BCUT2D eigenvalue weighted by Gasteiger charge is -1.95. The van der Waals surface area contributed by atoms with E-state index < -0.39 is 0 Å². The number of rotatable bonds is 2. The van der Waals surface area contributed by atoms with Crippen molar-refractivity contribution in [3.05, 3.63) is 66.9 Å². The summed E-state index contributed by atoms with van der Waals surface area (Å²) in [6.45, 7) is 0. The van der Waals surface area contributed by atoms with E-state index in [-0.39, 0.29) is 12.4 Å². The molecule has 90 valence electrons. The molecule has 0 aliphatic heterocycles. The van der Waals surface area contributed by atoms with Gasteiger partial charge in [-0.25, -0.2) is 4.98 Å². The zero-order chi connectivity index (χ0) is 11.5. The van der Waals surface area contributed by atoms with Crippen LogP contribution in [0.5, 0.6) is 0 Å². The second-order valence-electron chi connectivity index (χ2n) is 3.76. The van der Waals surface area contributed by atoms with Gasteiger partial charge in [-0.05, 0) is 12.1 Å². The van der Waals surface area contributed by atoms with Gasteiger partial charge in [-0.3, -0.25) is 0 Å². The summed E-state index contributed by atoms with van der Waals surface area (Å²) in [6.07, 6.45) is 1.76. The van der Waals surface area contributed by atoms with Crippen molar-refractivity contribution in [2.24, 2.45) is 0 Å². The smallest absolute Gasteiger partial charge is 0.226 e. The van der Waals surface area contributed by atoms with Crippen LogP contribution in [-0.4, -0.2) is 4.98 Å². The van der Waals surface area contributed by atoms with Crippen molar-refractivity contribution >= 4 is 12.4 Å². The summed E-state index contributed by atoms with van der Waals surface area (Å²) in [5, 5.41) is 0. The Bertz CT molecular complexity index is 551. The van der Waals surface area contributed by atoms with Crippen LogP contribution in [0.15, 0.2) is 71.3 Å². The molecule has 0 radical (unpaired) electrons. The minimum absolute atomic E-state index is 0. The standard InChI is InChI=1S/C15H11NO.ClH/c1-3-7-12(8-4-1)14-11-16-15(17-14)13-9-5-2-6-10-13;/h1-11H;1H. The monoisotopic (exact) mass is 257 g/mol. The molecule has 2 nitrogen and oxygen atoms in total. The van der Waals surface area contributed by atoms with E-state index in [0.29, 0.717) is 5.89 Å². The molecular weight excluding hydrogens is 246 g/mol. The highest BCUT2D eigenvalue weighted by Crippen LogP contribution is 2.25. The number of hydrogen-bond donors (Lipinski definition) is 0. The summed E-state index contributed by atoms with van der Waals surface area (Å²) < 4.78 is 5.74. The van der Waals surface area contributed by atoms with E-state index in [1.54, 1.807) is 6.20 Å². The average molecular weight is 258 g/mol. The van der Waals surface area contributed by atoms with Gasteiger partial charge in [0, 0.05) is 11.1 Å². The van der Waals surface area contributed by atoms with Gasteiger partial charge >= 0.3 is 0 Å². The molecule has 3 heteroatoms. The van der Waals surface area contributed by atoms with Gasteiger partial charge in [-0.2, -0.15) is 0 Å². The highest BCUT2D eigenvalue weighted by atomic mass is 35.5. The third-order valence-electron chi connectivity index (χ3n) is 2.58. The Morgan fingerprint density at radius 3 is 1.89 bits per heavy atom. The van der Waals surface area contributed by atoms with Gasteiger partial charge in [0.05, 0.1) is 6.20 Å². The summed E-state index contributed by atoms with van der Waals surface area (Å²) in [6, 6.07) is 19.9.